The van der Waals surface area contributed by atoms with Gasteiger partial charge in [-0.05, 0) is 17.5 Å². The van der Waals surface area contributed by atoms with Crippen LogP contribution in [0, 0.1) is 0 Å². The predicted octanol–water partition coefficient (Wildman–Crippen LogP) is 3.25. The minimum Gasteiger partial charge on any atom is -0.508 e. The van der Waals surface area contributed by atoms with E-state index in [1.165, 1.54) is 0 Å². The number of alkyl halides is 1. The number of benzene rings is 1. The zero-order valence-corrected chi connectivity index (χ0v) is 8.10. The summed E-state index contributed by atoms with van der Waals surface area (Å²) in [5.74, 6) is 1.13. The zero-order chi connectivity index (χ0) is 9.14. The molecule has 0 aliphatic heterocycles. The normalized spacial score (nSPS) is 10.7. The molecule has 12 heavy (non-hydrogen) atoms. The average Bonchev–Trinajstić information content (AvgIpc) is 2.03. The van der Waals surface area contributed by atoms with Gasteiger partial charge in [0, 0.05) is 11.4 Å². The molecule has 1 aromatic carbocycles. The van der Waals surface area contributed by atoms with Gasteiger partial charge in [0.1, 0.15) is 5.75 Å². The fourth-order valence-electron chi connectivity index (χ4n) is 1.38. The lowest BCUT2D eigenvalue weighted by molar-refractivity contribution is 0.464. The Morgan fingerprint density at radius 3 is 2.50 bits per heavy atom. The third kappa shape index (κ3) is 1.72. The van der Waals surface area contributed by atoms with Gasteiger partial charge in [-0.1, -0.05) is 26.0 Å². The van der Waals surface area contributed by atoms with E-state index in [4.69, 9.17) is 11.6 Å². The van der Waals surface area contributed by atoms with Gasteiger partial charge >= 0.3 is 0 Å². The first-order chi connectivity index (χ1) is 5.66. The Morgan fingerprint density at radius 1 is 1.42 bits per heavy atom. The molecule has 0 saturated carbocycles. The van der Waals surface area contributed by atoms with Crippen molar-refractivity contribution in [2.75, 3.05) is 0 Å². The lowest BCUT2D eigenvalue weighted by atomic mass is 9.97. The molecule has 0 fully saturated rings. The third-order valence-corrected chi connectivity index (χ3v) is 2.18. The molecule has 0 amide bonds. The van der Waals surface area contributed by atoms with Crippen LogP contribution in [0.2, 0.25) is 0 Å². The van der Waals surface area contributed by atoms with Crippen molar-refractivity contribution in [3.63, 3.8) is 0 Å². The molecule has 66 valence electrons. The molecule has 1 nitrogen and oxygen atoms in total. The first-order valence-electron chi connectivity index (χ1n) is 4.03. The van der Waals surface area contributed by atoms with Crippen molar-refractivity contribution in [2.24, 2.45) is 0 Å². The van der Waals surface area contributed by atoms with Gasteiger partial charge in [-0.25, -0.2) is 0 Å². The molecule has 0 aliphatic rings. The summed E-state index contributed by atoms with van der Waals surface area (Å²) in [6.45, 7) is 4.09. The summed E-state index contributed by atoms with van der Waals surface area (Å²) in [6.07, 6.45) is 0. The van der Waals surface area contributed by atoms with Crippen LogP contribution in [0.15, 0.2) is 18.2 Å². The highest BCUT2D eigenvalue weighted by Gasteiger charge is 2.09. The second-order valence-electron chi connectivity index (χ2n) is 3.14. The van der Waals surface area contributed by atoms with Crippen molar-refractivity contribution in [3.05, 3.63) is 29.3 Å². The van der Waals surface area contributed by atoms with Crippen molar-refractivity contribution in [3.8, 4) is 5.75 Å². The molecule has 0 aliphatic carbocycles. The Bertz CT molecular complexity index is 269. The molecule has 1 aromatic rings. The minimum absolute atomic E-state index is 0.319. The Hall–Kier alpha value is -0.690. The van der Waals surface area contributed by atoms with E-state index in [9.17, 15) is 5.11 Å². The SMILES string of the molecule is CC(C)c1c(O)cccc1CCl. The van der Waals surface area contributed by atoms with Gasteiger partial charge in [0.25, 0.3) is 0 Å². The first-order valence-corrected chi connectivity index (χ1v) is 4.57. The molecular weight excluding hydrogens is 172 g/mol. The molecule has 0 saturated heterocycles. The zero-order valence-electron chi connectivity index (χ0n) is 7.34. The Balaban J connectivity index is 3.20. The van der Waals surface area contributed by atoms with Gasteiger partial charge in [0.15, 0.2) is 0 Å². The number of halogens is 1. The molecule has 1 rings (SSSR count). The molecule has 0 unspecified atom stereocenters. The van der Waals surface area contributed by atoms with Gasteiger partial charge in [-0.3, -0.25) is 0 Å². The van der Waals surface area contributed by atoms with Crippen LogP contribution in [0.5, 0.6) is 5.75 Å². The summed E-state index contributed by atoms with van der Waals surface area (Å²) in [5.41, 5.74) is 1.99. The number of hydrogen-bond acceptors (Lipinski definition) is 1. The van der Waals surface area contributed by atoms with Gasteiger partial charge < -0.3 is 5.11 Å². The molecule has 2 heteroatoms. The quantitative estimate of drug-likeness (QED) is 0.700. The van der Waals surface area contributed by atoms with Gasteiger partial charge in [-0.2, -0.15) is 0 Å². The smallest absolute Gasteiger partial charge is 0.119 e. The maximum absolute atomic E-state index is 9.53. The van der Waals surface area contributed by atoms with Crippen molar-refractivity contribution in [1.29, 1.82) is 0 Å². The number of phenolic OH excluding ortho intramolecular Hbond substituents is 1. The van der Waals surface area contributed by atoms with E-state index in [-0.39, 0.29) is 0 Å². The molecule has 0 radical (unpaired) electrons. The molecule has 0 heterocycles. The van der Waals surface area contributed by atoms with Gasteiger partial charge in [0.05, 0.1) is 0 Å². The highest BCUT2D eigenvalue weighted by molar-refractivity contribution is 6.17. The number of rotatable bonds is 2. The summed E-state index contributed by atoms with van der Waals surface area (Å²) >= 11 is 5.74. The van der Waals surface area contributed by atoms with Crippen LogP contribution in [0.1, 0.15) is 30.9 Å². The van der Waals surface area contributed by atoms with E-state index in [2.05, 4.69) is 0 Å². The highest BCUT2D eigenvalue weighted by atomic mass is 35.5. The lowest BCUT2D eigenvalue weighted by Gasteiger charge is -2.12. The van der Waals surface area contributed by atoms with Crippen LogP contribution in [-0.2, 0) is 5.88 Å². The van der Waals surface area contributed by atoms with E-state index in [0.29, 0.717) is 17.5 Å². The van der Waals surface area contributed by atoms with Crippen molar-refractivity contribution in [1.82, 2.24) is 0 Å². The highest BCUT2D eigenvalue weighted by Crippen LogP contribution is 2.29. The second-order valence-corrected chi connectivity index (χ2v) is 3.41. The summed E-state index contributed by atoms with van der Waals surface area (Å²) in [5, 5.41) is 9.53. The number of hydrogen-bond donors (Lipinski definition) is 1. The fourth-order valence-corrected chi connectivity index (χ4v) is 1.62. The van der Waals surface area contributed by atoms with E-state index in [1.807, 2.05) is 26.0 Å². The molecule has 1 N–H and O–H groups in total. The van der Waals surface area contributed by atoms with Crippen molar-refractivity contribution in [2.45, 2.75) is 25.6 Å². The molecule has 0 spiro atoms. The monoisotopic (exact) mass is 184 g/mol. The van der Waals surface area contributed by atoms with Crippen LogP contribution in [0.4, 0.5) is 0 Å². The maximum atomic E-state index is 9.53. The summed E-state index contributed by atoms with van der Waals surface area (Å²) < 4.78 is 0. The lowest BCUT2D eigenvalue weighted by Crippen LogP contribution is -1.94. The maximum Gasteiger partial charge on any atom is 0.119 e. The predicted molar refractivity (Wildman–Crippen MR) is 51.8 cm³/mol. The van der Waals surface area contributed by atoms with Crippen LogP contribution >= 0.6 is 11.6 Å². The molecule has 0 atom stereocenters. The molecular formula is C10H13ClO. The van der Waals surface area contributed by atoms with Crippen molar-refractivity contribution >= 4 is 11.6 Å². The average molecular weight is 185 g/mol. The summed E-state index contributed by atoms with van der Waals surface area (Å²) in [6, 6.07) is 5.46. The van der Waals surface area contributed by atoms with Gasteiger partial charge in [0.2, 0.25) is 0 Å². The molecule has 0 bridgehead atoms. The third-order valence-electron chi connectivity index (χ3n) is 1.89. The van der Waals surface area contributed by atoms with Gasteiger partial charge in [-0.15, -0.1) is 11.6 Å². The first kappa shape index (κ1) is 9.40. The van der Waals surface area contributed by atoms with Crippen LogP contribution in [0.3, 0.4) is 0 Å². The van der Waals surface area contributed by atoms with Crippen LogP contribution in [0.25, 0.3) is 0 Å². The standard InChI is InChI=1S/C10H13ClO/c1-7(2)10-8(6-11)4-3-5-9(10)12/h3-5,7,12H,6H2,1-2H3. The van der Waals surface area contributed by atoms with Crippen LogP contribution in [-0.4, -0.2) is 5.11 Å². The largest absolute Gasteiger partial charge is 0.508 e. The summed E-state index contributed by atoms with van der Waals surface area (Å²) in [7, 11) is 0. The summed E-state index contributed by atoms with van der Waals surface area (Å²) in [4.78, 5) is 0. The Kier molecular flexibility index (Phi) is 2.99. The van der Waals surface area contributed by atoms with Crippen molar-refractivity contribution < 1.29 is 5.11 Å². The number of phenols is 1. The second kappa shape index (κ2) is 3.81. The fraction of sp³-hybridized carbons (Fsp3) is 0.400. The topological polar surface area (TPSA) is 20.2 Å². The van der Waals surface area contributed by atoms with E-state index >= 15 is 0 Å². The van der Waals surface area contributed by atoms with E-state index < -0.39 is 0 Å². The Labute approximate surface area is 78.0 Å². The minimum atomic E-state index is 0.319. The molecule has 0 aromatic heterocycles. The Morgan fingerprint density at radius 2 is 2.08 bits per heavy atom. The van der Waals surface area contributed by atoms with Crippen LogP contribution < -0.4 is 0 Å². The number of aromatic hydroxyl groups is 1. The van der Waals surface area contributed by atoms with E-state index in [0.717, 1.165) is 11.1 Å². The van der Waals surface area contributed by atoms with E-state index in [1.54, 1.807) is 6.07 Å².